The van der Waals surface area contributed by atoms with Gasteiger partial charge < -0.3 is 10.2 Å². The van der Waals surface area contributed by atoms with Gasteiger partial charge in [-0.2, -0.15) is 0 Å². The van der Waals surface area contributed by atoms with E-state index in [4.69, 9.17) is 0 Å². The molecule has 10 radical (unpaired) electrons. The summed E-state index contributed by atoms with van der Waals surface area (Å²) in [6.07, 6.45) is 18.2. The van der Waals surface area contributed by atoms with Gasteiger partial charge >= 0.3 is 17.1 Å². The van der Waals surface area contributed by atoms with E-state index >= 15 is 0 Å². The van der Waals surface area contributed by atoms with Gasteiger partial charge in [0.25, 0.3) is 0 Å². The van der Waals surface area contributed by atoms with Crippen LogP contribution >= 0.6 is 0 Å². The maximum atomic E-state index is 9.44. The first-order valence-corrected chi connectivity index (χ1v) is 8.20. The minimum Gasteiger partial charge on any atom is -0.508 e. The Bertz CT molecular complexity index is 573. The molecule has 4 rings (SSSR count). The predicted molar refractivity (Wildman–Crippen MR) is 100.0 cm³/mol. The van der Waals surface area contributed by atoms with Crippen LogP contribution in [-0.4, -0.2) is 10.2 Å². The SMILES string of the molecule is Oc1ccc(C([C]2[CH][CH][CH][CH]2)c2ccc(O)cc2)cc1.[CH]1[CH][CH][CH][CH]1.[Fe+2]. The molecule has 0 atom stereocenters. The topological polar surface area (TPSA) is 40.5 Å². The van der Waals surface area contributed by atoms with Crippen LogP contribution in [-0.2, 0) is 17.1 Å². The molecule has 2 aromatic carbocycles. The molecule has 2 saturated carbocycles. The number of phenolic OH excluding ortho intramolecular Hbond substituents is 2. The van der Waals surface area contributed by atoms with E-state index in [0.29, 0.717) is 0 Å². The third-order valence-corrected chi connectivity index (χ3v) is 4.03. The average molecular weight is 384 g/mol. The van der Waals surface area contributed by atoms with Crippen molar-refractivity contribution in [3.8, 4) is 11.5 Å². The van der Waals surface area contributed by atoms with E-state index in [2.05, 4.69) is 12.8 Å². The second-order valence-corrected chi connectivity index (χ2v) is 5.80. The van der Waals surface area contributed by atoms with Crippen LogP contribution in [0.5, 0.6) is 11.5 Å². The van der Waals surface area contributed by atoms with Crippen molar-refractivity contribution < 1.29 is 27.3 Å². The van der Waals surface area contributed by atoms with E-state index in [1.807, 2.05) is 69.2 Å². The summed E-state index contributed by atoms with van der Waals surface area (Å²) in [5, 5.41) is 18.9. The maximum Gasteiger partial charge on any atom is 2.00 e. The van der Waals surface area contributed by atoms with E-state index < -0.39 is 0 Å². The van der Waals surface area contributed by atoms with Crippen molar-refractivity contribution in [3.05, 3.63) is 123 Å². The Morgan fingerprint density at radius 3 is 1.19 bits per heavy atom. The van der Waals surface area contributed by atoms with Crippen molar-refractivity contribution in [1.29, 1.82) is 0 Å². The summed E-state index contributed by atoms with van der Waals surface area (Å²) in [5.74, 6) is 1.83. The smallest absolute Gasteiger partial charge is 0.508 e. The molecule has 0 saturated heterocycles. The third-order valence-electron chi connectivity index (χ3n) is 4.03. The van der Waals surface area contributed by atoms with Gasteiger partial charge in [-0.3, -0.25) is 0 Å². The van der Waals surface area contributed by atoms with Crippen molar-refractivity contribution in [3.63, 3.8) is 0 Å². The van der Waals surface area contributed by atoms with Gasteiger partial charge in [0, 0.05) is 5.92 Å². The summed E-state index contributed by atoms with van der Waals surface area (Å²) < 4.78 is 0. The Morgan fingerprint density at radius 2 is 0.846 bits per heavy atom. The van der Waals surface area contributed by atoms with Gasteiger partial charge in [0.15, 0.2) is 0 Å². The molecule has 2 nitrogen and oxygen atoms in total. The number of hydrogen-bond donors (Lipinski definition) is 2. The molecule has 2 aliphatic carbocycles. The van der Waals surface area contributed by atoms with E-state index in [-0.39, 0.29) is 34.5 Å². The zero-order valence-corrected chi connectivity index (χ0v) is 15.2. The molecular formula is C23H20FeO2+2. The van der Waals surface area contributed by atoms with Gasteiger partial charge in [-0.25, -0.2) is 0 Å². The van der Waals surface area contributed by atoms with Crippen LogP contribution in [0.1, 0.15) is 17.0 Å². The van der Waals surface area contributed by atoms with Crippen LogP contribution in [0.4, 0.5) is 0 Å². The maximum absolute atomic E-state index is 9.44. The third kappa shape index (κ3) is 5.79. The Kier molecular flexibility index (Phi) is 8.54. The van der Waals surface area contributed by atoms with Crippen molar-refractivity contribution in [2.24, 2.45) is 0 Å². The van der Waals surface area contributed by atoms with E-state index in [9.17, 15) is 10.2 Å². The molecule has 0 heterocycles. The van der Waals surface area contributed by atoms with E-state index in [1.54, 1.807) is 24.3 Å². The summed E-state index contributed by atoms with van der Waals surface area (Å²) in [4.78, 5) is 0. The molecule has 0 aromatic heterocycles. The molecule has 2 aliphatic rings. The number of rotatable bonds is 3. The predicted octanol–water partition coefficient (Wildman–Crippen LogP) is 4.65. The number of hydrogen-bond acceptors (Lipinski definition) is 2. The molecular weight excluding hydrogens is 364 g/mol. The molecule has 0 bridgehead atoms. The fourth-order valence-electron chi connectivity index (χ4n) is 2.81. The Hall–Kier alpha value is -1.44. The van der Waals surface area contributed by atoms with Crippen LogP contribution in [0, 0.1) is 63.7 Å². The first-order chi connectivity index (χ1) is 12.2. The van der Waals surface area contributed by atoms with E-state index in [0.717, 1.165) is 11.1 Å². The minimum absolute atomic E-state index is 0. The summed E-state index contributed by atoms with van der Waals surface area (Å²) >= 11 is 0. The Labute approximate surface area is 168 Å². The molecule has 0 spiro atoms. The van der Waals surface area contributed by atoms with Crippen molar-refractivity contribution in [2.45, 2.75) is 5.92 Å². The number of phenols is 2. The second-order valence-electron chi connectivity index (χ2n) is 5.80. The molecule has 3 heteroatoms. The Morgan fingerprint density at radius 1 is 0.500 bits per heavy atom. The van der Waals surface area contributed by atoms with Gasteiger partial charge in [-0.1, -0.05) is 24.3 Å². The summed E-state index contributed by atoms with van der Waals surface area (Å²) in [6.45, 7) is 0. The molecule has 2 fully saturated rings. The molecule has 26 heavy (non-hydrogen) atoms. The Balaban J connectivity index is 0.000000351. The van der Waals surface area contributed by atoms with Gasteiger partial charge in [-0.15, -0.1) is 0 Å². The average Bonchev–Trinajstić information content (AvgIpc) is 3.35. The van der Waals surface area contributed by atoms with E-state index in [1.165, 1.54) is 5.92 Å². The standard InChI is InChI=1S/C18H15O2.C5H5.Fe/c19-16-9-5-14(6-10-16)18(13-3-1-2-4-13)15-7-11-17(20)12-8-15;1-2-4-5-3-1;/h1-12,18-20H;1-5H;/q;;+2. The van der Waals surface area contributed by atoms with Crippen molar-refractivity contribution in [2.75, 3.05) is 0 Å². The van der Waals surface area contributed by atoms with Gasteiger partial charge in [0.05, 0.1) is 0 Å². The number of benzene rings is 2. The number of aromatic hydroxyl groups is 2. The molecule has 0 amide bonds. The summed E-state index contributed by atoms with van der Waals surface area (Å²) in [6, 6.07) is 14.5. The fourth-order valence-corrected chi connectivity index (χ4v) is 2.81. The van der Waals surface area contributed by atoms with Crippen molar-refractivity contribution in [1.82, 2.24) is 0 Å². The molecule has 0 unspecified atom stereocenters. The van der Waals surface area contributed by atoms with Crippen molar-refractivity contribution >= 4 is 0 Å². The summed E-state index contributed by atoms with van der Waals surface area (Å²) in [7, 11) is 0. The van der Waals surface area contributed by atoms with Gasteiger partial charge in [-0.05, 0) is 99.1 Å². The molecule has 2 aromatic rings. The second kappa shape index (κ2) is 10.6. The van der Waals surface area contributed by atoms with Crippen LogP contribution in [0.25, 0.3) is 0 Å². The van der Waals surface area contributed by atoms with Crippen LogP contribution < -0.4 is 0 Å². The van der Waals surface area contributed by atoms with Crippen LogP contribution in [0.2, 0.25) is 0 Å². The monoisotopic (exact) mass is 384 g/mol. The van der Waals surface area contributed by atoms with Crippen LogP contribution in [0.3, 0.4) is 0 Å². The van der Waals surface area contributed by atoms with Gasteiger partial charge in [0.1, 0.15) is 11.5 Å². The summed E-state index contributed by atoms with van der Waals surface area (Å²) in [5.41, 5.74) is 2.22. The van der Waals surface area contributed by atoms with Crippen LogP contribution in [0.15, 0.2) is 48.5 Å². The van der Waals surface area contributed by atoms with Gasteiger partial charge in [0.2, 0.25) is 0 Å². The zero-order chi connectivity index (χ0) is 17.5. The first-order valence-electron chi connectivity index (χ1n) is 8.20. The minimum atomic E-state index is 0. The molecule has 2 N–H and O–H groups in total. The zero-order valence-electron chi connectivity index (χ0n) is 14.1. The molecule has 130 valence electrons. The normalized spacial score (nSPS) is 16.8. The fraction of sp³-hybridized carbons (Fsp3) is 0.0435. The quantitative estimate of drug-likeness (QED) is 0.757. The largest absolute Gasteiger partial charge is 2.00 e. The first kappa shape index (κ1) is 20.9. The molecule has 0 aliphatic heterocycles.